The minimum absolute atomic E-state index is 0.247. The molecule has 0 aliphatic rings. The maximum Gasteiger partial charge on any atom is 0.324 e. The minimum Gasteiger partial charge on any atom is -0.480 e. The zero-order chi connectivity index (χ0) is 12.4. The average molecular weight is 231 g/mol. The Labute approximate surface area is 96.0 Å². The standard InChI is InChI=1S/C11H21NO4/c1-2-3-4-5-6-7-10(13)16-8-9(12)11(14)15/h9H,2-8,12H2,1H3,(H,14,15)/t9-/m1/s1. The summed E-state index contributed by atoms with van der Waals surface area (Å²) in [5.41, 5.74) is 5.18. The number of unbranched alkanes of at least 4 members (excludes halogenated alkanes) is 4. The van der Waals surface area contributed by atoms with Gasteiger partial charge in [0.1, 0.15) is 12.6 Å². The van der Waals surface area contributed by atoms with Crippen LogP contribution in [0.2, 0.25) is 0 Å². The van der Waals surface area contributed by atoms with Crippen molar-refractivity contribution in [3.05, 3.63) is 0 Å². The fourth-order valence-corrected chi connectivity index (χ4v) is 1.20. The van der Waals surface area contributed by atoms with E-state index < -0.39 is 12.0 Å². The van der Waals surface area contributed by atoms with Gasteiger partial charge in [0.2, 0.25) is 0 Å². The lowest BCUT2D eigenvalue weighted by molar-refractivity contribution is -0.147. The van der Waals surface area contributed by atoms with Crippen LogP contribution in [0.5, 0.6) is 0 Å². The first kappa shape index (κ1) is 14.9. The Kier molecular flexibility index (Phi) is 8.52. The number of carboxylic acid groups (broad SMARTS) is 1. The van der Waals surface area contributed by atoms with Gasteiger partial charge in [0.25, 0.3) is 0 Å². The van der Waals surface area contributed by atoms with Crippen LogP contribution in [0.25, 0.3) is 0 Å². The van der Waals surface area contributed by atoms with Crippen molar-refractivity contribution in [1.29, 1.82) is 0 Å². The maximum atomic E-state index is 11.1. The zero-order valence-electron chi connectivity index (χ0n) is 9.78. The Balaban J connectivity index is 3.41. The van der Waals surface area contributed by atoms with Gasteiger partial charge in [-0.3, -0.25) is 9.59 Å². The minimum atomic E-state index is -1.16. The van der Waals surface area contributed by atoms with E-state index >= 15 is 0 Å². The highest BCUT2D eigenvalue weighted by molar-refractivity contribution is 5.74. The van der Waals surface area contributed by atoms with E-state index in [1.807, 2.05) is 0 Å². The summed E-state index contributed by atoms with van der Waals surface area (Å²) in [7, 11) is 0. The van der Waals surface area contributed by atoms with Gasteiger partial charge in [-0.25, -0.2) is 0 Å². The third-order valence-electron chi connectivity index (χ3n) is 2.23. The van der Waals surface area contributed by atoms with Crippen molar-refractivity contribution < 1.29 is 19.4 Å². The van der Waals surface area contributed by atoms with Crippen molar-refractivity contribution in [2.24, 2.45) is 5.73 Å². The molecule has 0 spiro atoms. The maximum absolute atomic E-state index is 11.1. The first-order valence-corrected chi connectivity index (χ1v) is 5.72. The molecule has 94 valence electrons. The molecule has 0 heterocycles. The molecule has 5 heteroatoms. The molecule has 0 rings (SSSR count). The molecule has 0 amide bonds. The van der Waals surface area contributed by atoms with Gasteiger partial charge in [-0.05, 0) is 6.42 Å². The normalized spacial score (nSPS) is 12.1. The van der Waals surface area contributed by atoms with E-state index in [-0.39, 0.29) is 12.6 Å². The van der Waals surface area contributed by atoms with Crippen molar-refractivity contribution in [2.45, 2.75) is 51.5 Å². The monoisotopic (exact) mass is 231 g/mol. The largest absolute Gasteiger partial charge is 0.480 e. The highest BCUT2D eigenvalue weighted by Crippen LogP contribution is 2.05. The van der Waals surface area contributed by atoms with E-state index in [1.165, 1.54) is 6.42 Å². The Morgan fingerprint density at radius 1 is 1.25 bits per heavy atom. The van der Waals surface area contributed by atoms with Gasteiger partial charge in [0, 0.05) is 6.42 Å². The molecule has 0 fully saturated rings. The van der Waals surface area contributed by atoms with E-state index in [9.17, 15) is 9.59 Å². The van der Waals surface area contributed by atoms with Gasteiger partial charge in [-0.1, -0.05) is 32.6 Å². The summed E-state index contributed by atoms with van der Waals surface area (Å²) < 4.78 is 4.73. The number of esters is 1. The fourth-order valence-electron chi connectivity index (χ4n) is 1.20. The second kappa shape index (κ2) is 9.15. The Bertz CT molecular complexity index is 218. The molecule has 0 saturated carbocycles. The third-order valence-corrected chi connectivity index (χ3v) is 2.23. The van der Waals surface area contributed by atoms with E-state index in [2.05, 4.69) is 6.92 Å². The van der Waals surface area contributed by atoms with Gasteiger partial charge in [-0.15, -0.1) is 0 Å². The van der Waals surface area contributed by atoms with Crippen LogP contribution < -0.4 is 5.73 Å². The highest BCUT2D eigenvalue weighted by atomic mass is 16.5. The molecule has 0 bridgehead atoms. The van der Waals surface area contributed by atoms with E-state index in [0.29, 0.717) is 6.42 Å². The molecule has 0 aliphatic heterocycles. The first-order chi connectivity index (χ1) is 7.57. The lowest BCUT2D eigenvalue weighted by Gasteiger charge is -2.07. The van der Waals surface area contributed by atoms with Crippen molar-refractivity contribution in [3.63, 3.8) is 0 Å². The number of hydrogen-bond acceptors (Lipinski definition) is 4. The molecule has 0 aromatic rings. The lowest BCUT2D eigenvalue weighted by atomic mass is 10.1. The third kappa shape index (κ3) is 8.23. The van der Waals surface area contributed by atoms with Crippen LogP contribution in [0.3, 0.4) is 0 Å². The molecule has 1 atom stereocenters. The summed E-state index contributed by atoms with van der Waals surface area (Å²) in [6.45, 7) is 1.88. The molecular formula is C11H21NO4. The van der Waals surface area contributed by atoms with E-state index in [0.717, 1.165) is 25.7 Å². The molecule has 0 saturated heterocycles. The molecule has 0 radical (unpaired) electrons. The van der Waals surface area contributed by atoms with Crippen LogP contribution in [-0.2, 0) is 14.3 Å². The van der Waals surface area contributed by atoms with Gasteiger partial charge in [0.05, 0.1) is 0 Å². The molecule has 16 heavy (non-hydrogen) atoms. The van der Waals surface area contributed by atoms with E-state index in [4.69, 9.17) is 15.6 Å². The smallest absolute Gasteiger partial charge is 0.324 e. The number of rotatable bonds is 9. The molecule has 0 aliphatic carbocycles. The van der Waals surface area contributed by atoms with Gasteiger partial charge in [0.15, 0.2) is 0 Å². The van der Waals surface area contributed by atoms with E-state index in [1.54, 1.807) is 0 Å². The number of carbonyl (C=O) groups is 2. The van der Waals surface area contributed by atoms with Crippen LogP contribution in [0.4, 0.5) is 0 Å². The van der Waals surface area contributed by atoms with Gasteiger partial charge >= 0.3 is 11.9 Å². The quantitative estimate of drug-likeness (QED) is 0.461. The second-order valence-corrected chi connectivity index (χ2v) is 3.79. The summed E-state index contributed by atoms with van der Waals surface area (Å²) in [4.78, 5) is 21.5. The molecular weight excluding hydrogens is 210 g/mol. The first-order valence-electron chi connectivity index (χ1n) is 5.72. The predicted octanol–water partition coefficient (Wildman–Crippen LogP) is 1.30. The fraction of sp³-hybridized carbons (Fsp3) is 0.818. The molecule has 0 unspecified atom stereocenters. The number of carboxylic acids is 1. The van der Waals surface area contributed by atoms with Gasteiger partial charge in [-0.2, -0.15) is 0 Å². The Morgan fingerprint density at radius 2 is 1.88 bits per heavy atom. The molecule has 3 N–H and O–H groups in total. The number of hydrogen-bond donors (Lipinski definition) is 2. The second-order valence-electron chi connectivity index (χ2n) is 3.79. The lowest BCUT2D eigenvalue weighted by Crippen LogP contribution is -2.35. The zero-order valence-corrected chi connectivity index (χ0v) is 9.78. The highest BCUT2D eigenvalue weighted by Gasteiger charge is 2.13. The summed E-state index contributed by atoms with van der Waals surface area (Å²) in [6.07, 6.45) is 5.61. The van der Waals surface area contributed by atoms with Crippen molar-refractivity contribution in [1.82, 2.24) is 0 Å². The van der Waals surface area contributed by atoms with Crippen molar-refractivity contribution >= 4 is 11.9 Å². The molecule has 0 aromatic carbocycles. The number of aliphatic carboxylic acids is 1. The Morgan fingerprint density at radius 3 is 2.44 bits per heavy atom. The SMILES string of the molecule is CCCCCCCC(=O)OC[C@@H](N)C(=O)O. The van der Waals surface area contributed by atoms with Crippen LogP contribution in [0.1, 0.15) is 45.4 Å². The van der Waals surface area contributed by atoms with Crippen LogP contribution >= 0.6 is 0 Å². The molecule has 0 aromatic heterocycles. The Hall–Kier alpha value is -1.10. The number of carbonyl (C=O) groups excluding carboxylic acids is 1. The summed E-state index contributed by atoms with van der Waals surface area (Å²) in [5.74, 6) is -1.52. The van der Waals surface area contributed by atoms with Crippen LogP contribution in [0.15, 0.2) is 0 Å². The average Bonchev–Trinajstić information content (AvgIpc) is 2.25. The van der Waals surface area contributed by atoms with Crippen LogP contribution in [-0.4, -0.2) is 29.7 Å². The van der Waals surface area contributed by atoms with Gasteiger partial charge < -0.3 is 15.6 Å². The predicted molar refractivity (Wildman–Crippen MR) is 59.9 cm³/mol. The summed E-state index contributed by atoms with van der Waals surface area (Å²) in [5, 5.41) is 8.45. The number of ether oxygens (including phenoxy) is 1. The number of nitrogens with two attached hydrogens (primary N) is 1. The summed E-state index contributed by atoms with van der Waals surface area (Å²) >= 11 is 0. The summed E-state index contributed by atoms with van der Waals surface area (Å²) in [6, 6.07) is -1.12. The van der Waals surface area contributed by atoms with Crippen molar-refractivity contribution in [2.75, 3.05) is 6.61 Å². The molecule has 5 nitrogen and oxygen atoms in total. The van der Waals surface area contributed by atoms with Crippen LogP contribution in [0, 0.1) is 0 Å². The van der Waals surface area contributed by atoms with Crippen molar-refractivity contribution in [3.8, 4) is 0 Å². The topological polar surface area (TPSA) is 89.6 Å².